The van der Waals surface area contributed by atoms with Gasteiger partial charge < -0.3 is 20.2 Å². The SMILES string of the molecule is O=C(O)CCCCC(O)c1cc2[nH]c(=O)[nH]c2cc1Br. The van der Waals surface area contributed by atoms with Gasteiger partial charge in [0.05, 0.1) is 17.1 Å². The molecule has 0 fully saturated rings. The molecule has 0 aliphatic heterocycles. The highest BCUT2D eigenvalue weighted by atomic mass is 79.9. The van der Waals surface area contributed by atoms with E-state index in [-0.39, 0.29) is 12.1 Å². The lowest BCUT2D eigenvalue weighted by Crippen LogP contribution is -2.00. The zero-order valence-electron chi connectivity index (χ0n) is 10.6. The normalized spacial score (nSPS) is 12.7. The van der Waals surface area contributed by atoms with Crippen LogP contribution in [0.3, 0.4) is 0 Å². The first-order valence-corrected chi connectivity index (χ1v) is 7.08. The maximum atomic E-state index is 11.2. The number of rotatable bonds is 6. The van der Waals surface area contributed by atoms with E-state index in [0.29, 0.717) is 40.3 Å². The molecule has 1 atom stereocenters. The molecule has 6 nitrogen and oxygen atoms in total. The summed E-state index contributed by atoms with van der Waals surface area (Å²) in [6.45, 7) is 0. The van der Waals surface area contributed by atoms with Crippen molar-refractivity contribution in [1.82, 2.24) is 9.97 Å². The Balaban J connectivity index is 2.08. The number of imidazole rings is 1. The number of halogens is 1. The number of fused-ring (bicyclic) bond motifs is 1. The molecule has 0 aliphatic rings. The molecule has 2 rings (SSSR count). The van der Waals surface area contributed by atoms with Crippen molar-refractivity contribution in [3.63, 3.8) is 0 Å². The molecule has 0 saturated carbocycles. The standard InChI is InChI=1S/C13H15BrN2O4/c14-8-6-10-9(15-13(20)16-10)5-7(8)11(17)3-1-2-4-12(18)19/h5-6,11,17H,1-4H2,(H,18,19)(H2,15,16,20). The van der Waals surface area contributed by atoms with Crippen molar-refractivity contribution in [2.24, 2.45) is 0 Å². The van der Waals surface area contributed by atoms with Gasteiger partial charge in [0.1, 0.15) is 0 Å². The van der Waals surface area contributed by atoms with Crippen molar-refractivity contribution in [2.75, 3.05) is 0 Å². The third kappa shape index (κ3) is 3.49. The number of unbranched alkanes of at least 4 members (excludes halogenated alkanes) is 1. The fraction of sp³-hybridized carbons (Fsp3) is 0.385. The van der Waals surface area contributed by atoms with Gasteiger partial charge >= 0.3 is 11.7 Å². The number of aliphatic hydroxyl groups excluding tert-OH is 1. The second-order valence-electron chi connectivity index (χ2n) is 4.65. The Morgan fingerprint density at radius 2 is 1.90 bits per heavy atom. The number of hydrogen-bond donors (Lipinski definition) is 4. The van der Waals surface area contributed by atoms with Crippen LogP contribution in [0, 0.1) is 0 Å². The van der Waals surface area contributed by atoms with Crippen LogP contribution in [0.5, 0.6) is 0 Å². The fourth-order valence-corrected chi connectivity index (χ4v) is 2.71. The Morgan fingerprint density at radius 1 is 1.25 bits per heavy atom. The number of aromatic nitrogens is 2. The summed E-state index contributed by atoms with van der Waals surface area (Å²) in [7, 11) is 0. The van der Waals surface area contributed by atoms with Crippen molar-refractivity contribution in [1.29, 1.82) is 0 Å². The van der Waals surface area contributed by atoms with Crippen LogP contribution in [0.15, 0.2) is 21.4 Å². The van der Waals surface area contributed by atoms with E-state index in [1.165, 1.54) is 0 Å². The number of aliphatic carboxylic acids is 1. The second kappa shape index (κ2) is 6.23. The summed E-state index contributed by atoms with van der Waals surface area (Å²) in [4.78, 5) is 26.9. The number of hydrogen-bond acceptors (Lipinski definition) is 3. The molecule has 1 aromatic heterocycles. The lowest BCUT2D eigenvalue weighted by molar-refractivity contribution is -0.137. The molecule has 0 amide bonds. The van der Waals surface area contributed by atoms with E-state index in [1.54, 1.807) is 12.1 Å². The van der Waals surface area contributed by atoms with Crippen molar-refractivity contribution in [3.05, 3.63) is 32.7 Å². The van der Waals surface area contributed by atoms with E-state index in [4.69, 9.17) is 5.11 Å². The Bertz CT molecular complexity index is 677. The molecule has 1 unspecified atom stereocenters. The molecule has 4 N–H and O–H groups in total. The molecule has 0 radical (unpaired) electrons. The maximum absolute atomic E-state index is 11.2. The number of H-pyrrole nitrogens is 2. The quantitative estimate of drug-likeness (QED) is 0.604. The van der Waals surface area contributed by atoms with E-state index in [9.17, 15) is 14.7 Å². The molecule has 1 heterocycles. The highest BCUT2D eigenvalue weighted by Gasteiger charge is 2.13. The van der Waals surface area contributed by atoms with Gasteiger partial charge in [-0.2, -0.15) is 0 Å². The van der Waals surface area contributed by atoms with E-state index < -0.39 is 12.1 Å². The van der Waals surface area contributed by atoms with Crippen LogP contribution in [0.2, 0.25) is 0 Å². The number of aromatic amines is 2. The van der Waals surface area contributed by atoms with E-state index >= 15 is 0 Å². The predicted octanol–water partition coefficient (Wildman–Crippen LogP) is 2.30. The summed E-state index contributed by atoms with van der Waals surface area (Å²) >= 11 is 3.37. The summed E-state index contributed by atoms with van der Waals surface area (Å²) in [6.07, 6.45) is 1.06. The van der Waals surface area contributed by atoms with Crippen molar-refractivity contribution in [2.45, 2.75) is 31.8 Å². The minimum absolute atomic E-state index is 0.109. The lowest BCUT2D eigenvalue weighted by atomic mass is 10.0. The highest BCUT2D eigenvalue weighted by molar-refractivity contribution is 9.10. The van der Waals surface area contributed by atoms with Gasteiger partial charge in [-0.15, -0.1) is 0 Å². The van der Waals surface area contributed by atoms with E-state index in [0.717, 1.165) is 0 Å². The summed E-state index contributed by atoms with van der Waals surface area (Å²) < 4.78 is 0.714. The van der Waals surface area contributed by atoms with Gasteiger partial charge in [0.25, 0.3) is 0 Å². The van der Waals surface area contributed by atoms with Crippen LogP contribution in [0.25, 0.3) is 11.0 Å². The molecule has 7 heteroatoms. The van der Waals surface area contributed by atoms with Crippen LogP contribution in [0.4, 0.5) is 0 Å². The number of nitrogens with one attached hydrogen (secondary N) is 2. The maximum Gasteiger partial charge on any atom is 0.323 e. The first-order valence-electron chi connectivity index (χ1n) is 6.28. The minimum atomic E-state index is -0.827. The number of carbonyl (C=O) groups is 1. The summed E-state index contributed by atoms with van der Waals surface area (Å²) in [6, 6.07) is 3.46. The largest absolute Gasteiger partial charge is 0.481 e. The van der Waals surface area contributed by atoms with Gasteiger partial charge in [-0.05, 0) is 37.0 Å². The Morgan fingerprint density at radius 3 is 2.55 bits per heavy atom. The van der Waals surface area contributed by atoms with Crippen LogP contribution < -0.4 is 5.69 Å². The van der Waals surface area contributed by atoms with Crippen molar-refractivity contribution in [3.8, 4) is 0 Å². The van der Waals surface area contributed by atoms with E-state index in [1.807, 2.05) is 0 Å². The number of carboxylic acid groups (broad SMARTS) is 1. The molecule has 2 aromatic rings. The fourth-order valence-electron chi connectivity index (χ4n) is 2.10. The summed E-state index contributed by atoms with van der Waals surface area (Å²) in [5.41, 5.74) is 1.70. The zero-order valence-corrected chi connectivity index (χ0v) is 12.2. The van der Waals surface area contributed by atoms with Gasteiger partial charge in [-0.3, -0.25) is 4.79 Å². The predicted molar refractivity (Wildman–Crippen MR) is 77.7 cm³/mol. The van der Waals surface area contributed by atoms with Gasteiger partial charge in [0, 0.05) is 10.9 Å². The number of carboxylic acids is 1. The van der Waals surface area contributed by atoms with Gasteiger partial charge in [0.2, 0.25) is 0 Å². The molecule has 0 saturated heterocycles. The molecule has 0 spiro atoms. The summed E-state index contributed by atoms with van der Waals surface area (Å²) in [5.74, 6) is -0.827. The Labute approximate surface area is 123 Å². The molecule has 20 heavy (non-hydrogen) atoms. The average molecular weight is 343 g/mol. The minimum Gasteiger partial charge on any atom is -0.481 e. The smallest absolute Gasteiger partial charge is 0.323 e. The molecule has 108 valence electrons. The first-order chi connectivity index (χ1) is 9.47. The van der Waals surface area contributed by atoms with E-state index in [2.05, 4.69) is 25.9 Å². The molecule has 1 aromatic carbocycles. The first kappa shape index (κ1) is 14.8. The van der Waals surface area contributed by atoms with Gasteiger partial charge in [0.15, 0.2) is 0 Å². The highest BCUT2D eigenvalue weighted by Crippen LogP contribution is 2.29. The van der Waals surface area contributed by atoms with Crippen molar-refractivity contribution < 1.29 is 15.0 Å². The van der Waals surface area contributed by atoms with Crippen LogP contribution >= 0.6 is 15.9 Å². The van der Waals surface area contributed by atoms with Gasteiger partial charge in [-0.1, -0.05) is 15.9 Å². The monoisotopic (exact) mass is 342 g/mol. The third-order valence-corrected chi connectivity index (χ3v) is 3.80. The Hall–Kier alpha value is -1.60. The Kier molecular flexibility index (Phi) is 4.61. The topological polar surface area (TPSA) is 106 Å². The average Bonchev–Trinajstić information content (AvgIpc) is 2.72. The van der Waals surface area contributed by atoms with Crippen LogP contribution in [-0.2, 0) is 4.79 Å². The third-order valence-electron chi connectivity index (χ3n) is 3.11. The second-order valence-corrected chi connectivity index (χ2v) is 5.51. The molecular weight excluding hydrogens is 328 g/mol. The number of benzene rings is 1. The molecular formula is C13H15BrN2O4. The molecule has 0 aliphatic carbocycles. The zero-order chi connectivity index (χ0) is 14.7. The van der Waals surface area contributed by atoms with Crippen LogP contribution in [0.1, 0.15) is 37.4 Å². The molecule has 0 bridgehead atoms. The number of aliphatic hydroxyl groups is 1. The van der Waals surface area contributed by atoms with Crippen LogP contribution in [-0.4, -0.2) is 26.2 Å². The summed E-state index contributed by atoms with van der Waals surface area (Å²) in [5, 5.41) is 18.7. The lowest BCUT2D eigenvalue weighted by Gasteiger charge is -2.12. The van der Waals surface area contributed by atoms with Crippen molar-refractivity contribution >= 4 is 32.9 Å². The van der Waals surface area contributed by atoms with Gasteiger partial charge in [-0.25, -0.2) is 4.79 Å².